The van der Waals surface area contributed by atoms with Gasteiger partial charge in [0.2, 0.25) is 0 Å². The second kappa shape index (κ2) is 5.30. The molecule has 0 aliphatic rings. The van der Waals surface area contributed by atoms with Gasteiger partial charge in [0.05, 0.1) is 0 Å². The summed E-state index contributed by atoms with van der Waals surface area (Å²) in [6.45, 7) is 5.37. The van der Waals surface area contributed by atoms with Crippen LogP contribution >= 0.6 is 0 Å². The second-order valence-corrected chi connectivity index (χ2v) is 6.26. The molecule has 4 nitrogen and oxygen atoms in total. The lowest BCUT2D eigenvalue weighted by atomic mass is 10.2. The Morgan fingerprint density at radius 1 is 1.33 bits per heavy atom. The molecule has 0 amide bonds. The Hall–Kier alpha value is -0.840. The molecule has 0 aromatic carbocycles. The van der Waals surface area contributed by atoms with Crippen LogP contribution in [0.4, 0.5) is 0 Å². The molecule has 15 heavy (non-hydrogen) atoms. The van der Waals surface area contributed by atoms with Gasteiger partial charge in [-0.2, -0.15) is 0 Å². The van der Waals surface area contributed by atoms with Gasteiger partial charge in [-0.15, -0.1) is 0 Å². The summed E-state index contributed by atoms with van der Waals surface area (Å²) in [5.41, 5.74) is -0.488. The van der Waals surface area contributed by atoms with Gasteiger partial charge in [0.25, 0.3) is 0 Å². The number of esters is 1. The summed E-state index contributed by atoms with van der Waals surface area (Å²) in [6.07, 6.45) is 3.14. The standard InChI is InChI=1S/C10H18O4S/c1-10(2,3)14-9(11)7-5-6-8-15(4,12)13/h6,8H,5,7H2,1-4H3/b8-6+. The van der Waals surface area contributed by atoms with E-state index >= 15 is 0 Å². The molecular formula is C10H18O4S. The van der Waals surface area contributed by atoms with Crippen LogP contribution in [0.3, 0.4) is 0 Å². The van der Waals surface area contributed by atoms with Crippen molar-refractivity contribution < 1.29 is 17.9 Å². The highest BCUT2D eigenvalue weighted by atomic mass is 32.2. The lowest BCUT2D eigenvalue weighted by molar-refractivity contribution is -0.154. The quantitative estimate of drug-likeness (QED) is 0.694. The minimum atomic E-state index is -3.09. The monoisotopic (exact) mass is 234 g/mol. The lowest BCUT2D eigenvalue weighted by Gasteiger charge is -2.19. The summed E-state index contributed by atoms with van der Waals surface area (Å²) in [7, 11) is -3.09. The topological polar surface area (TPSA) is 60.4 Å². The van der Waals surface area contributed by atoms with Gasteiger partial charge in [0.15, 0.2) is 9.84 Å². The van der Waals surface area contributed by atoms with Crippen molar-refractivity contribution in [1.29, 1.82) is 0 Å². The predicted molar refractivity (Wildman–Crippen MR) is 59.1 cm³/mol. The molecule has 0 bridgehead atoms. The highest BCUT2D eigenvalue weighted by molar-refractivity contribution is 7.93. The van der Waals surface area contributed by atoms with Crippen molar-refractivity contribution in [2.75, 3.05) is 6.26 Å². The normalized spacial score (nSPS) is 13.1. The molecule has 0 atom stereocenters. The summed E-state index contributed by atoms with van der Waals surface area (Å²) in [6, 6.07) is 0. The molecule has 0 radical (unpaired) electrons. The fourth-order valence-electron chi connectivity index (χ4n) is 0.837. The fourth-order valence-corrected chi connectivity index (χ4v) is 1.32. The van der Waals surface area contributed by atoms with E-state index in [2.05, 4.69) is 0 Å². The number of ether oxygens (including phenoxy) is 1. The third-order valence-electron chi connectivity index (χ3n) is 1.28. The number of hydrogen-bond donors (Lipinski definition) is 0. The van der Waals surface area contributed by atoms with Gasteiger partial charge in [0, 0.05) is 18.1 Å². The summed E-state index contributed by atoms with van der Waals surface area (Å²) in [5, 5.41) is 1.09. The van der Waals surface area contributed by atoms with E-state index in [0.717, 1.165) is 11.7 Å². The maximum absolute atomic E-state index is 11.2. The number of hydrogen-bond acceptors (Lipinski definition) is 4. The highest BCUT2D eigenvalue weighted by Crippen LogP contribution is 2.09. The molecule has 0 saturated heterocycles. The van der Waals surface area contributed by atoms with Crippen LogP contribution in [0, 0.1) is 0 Å². The minimum absolute atomic E-state index is 0.198. The zero-order valence-corrected chi connectivity index (χ0v) is 10.4. The Balaban J connectivity index is 3.89. The van der Waals surface area contributed by atoms with E-state index in [1.165, 1.54) is 6.08 Å². The Morgan fingerprint density at radius 3 is 2.27 bits per heavy atom. The highest BCUT2D eigenvalue weighted by Gasteiger charge is 2.15. The predicted octanol–water partition coefficient (Wildman–Crippen LogP) is 1.67. The van der Waals surface area contributed by atoms with E-state index in [-0.39, 0.29) is 12.4 Å². The van der Waals surface area contributed by atoms with Crippen molar-refractivity contribution in [3.8, 4) is 0 Å². The summed E-state index contributed by atoms with van der Waals surface area (Å²) in [5.74, 6) is -0.319. The van der Waals surface area contributed by atoms with E-state index in [9.17, 15) is 13.2 Å². The summed E-state index contributed by atoms with van der Waals surface area (Å²) < 4.78 is 26.5. The first-order valence-electron chi connectivity index (χ1n) is 4.68. The molecule has 0 unspecified atom stereocenters. The van der Waals surface area contributed by atoms with E-state index in [4.69, 9.17) is 4.74 Å². The number of rotatable bonds is 4. The largest absolute Gasteiger partial charge is 0.460 e. The molecule has 0 saturated carbocycles. The lowest BCUT2D eigenvalue weighted by Crippen LogP contribution is -2.23. The summed E-state index contributed by atoms with van der Waals surface area (Å²) >= 11 is 0. The second-order valence-electron chi connectivity index (χ2n) is 4.33. The molecule has 0 aliphatic heterocycles. The molecule has 0 aromatic rings. The van der Waals surface area contributed by atoms with E-state index in [1.54, 1.807) is 20.8 Å². The number of sulfone groups is 1. The molecule has 0 rings (SSSR count). The Bertz CT molecular complexity index is 333. The fraction of sp³-hybridized carbons (Fsp3) is 0.700. The molecule has 5 heteroatoms. The van der Waals surface area contributed by atoms with Gasteiger partial charge < -0.3 is 4.74 Å². The molecular weight excluding hydrogens is 216 g/mol. The van der Waals surface area contributed by atoms with Gasteiger partial charge in [-0.1, -0.05) is 6.08 Å². The van der Waals surface area contributed by atoms with E-state index < -0.39 is 15.4 Å². The van der Waals surface area contributed by atoms with Crippen molar-refractivity contribution in [3.63, 3.8) is 0 Å². The first-order valence-corrected chi connectivity index (χ1v) is 6.64. The Morgan fingerprint density at radius 2 is 1.87 bits per heavy atom. The van der Waals surface area contributed by atoms with Crippen molar-refractivity contribution >= 4 is 15.8 Å². The third-order valence-corrected chi connectivity index (χ3v) is 1.97. The molecule has 0 heterocycles. The third kappa shape index (κ3) is 11.1. The van der Waals surface area contributed by atoms with E-state index in [1.807, 2.05) is 0 Å². The maximum Gasteiger partial charge on any atom is 0.306 e. The Labute approximate surface area is 91.2 Å². The smallest absolute Gasteiger partial charge is 0.306 e. The molecule has 0 aromatic heterocycles. The van der Waals surface area contributed by atoms with Crippen LogP contribution in [0.1, 0.15) is 33.6 Å². The van der Waals surface area contributed by atoms with Crippen LogP contribution in [0.25, 0.3) is 0 Å². The van der Waals surface area contributed by atoms with Crippen LogP contribution in [0.2, 0.25) is 0 Å². The van der Waals surface area contributed by atoms with Crippen LogP contribution in [-0.2, 0) is 19.4 Å². The zero-order valence-electron chi connectivity index (χ0n) is 9.61. The van der Waals surface area contributed by atoms with Crippen LogP contribution < -0.4 is 0 Å². The summed E-state index contributed by atoms with van der Waals surface area (Å²) in [4.78, 5) is 11.2. The van der Waals surface area contributed by atoms with Crippen molar-refractivity contribution in [2.45, 2.75) is 39.2 Å². The first kappa shape index (κ1) is 14.2. The van der Waals surface area contributed by atoms with Crippen LogP contribution in [0.15, 0.2) is 11.5 Å². The van der Waals surface area contributed by atoms with Gasteiger partial charge in [0.1, 0.15) is 5.60 Å². The molecule has 0 N–H and O–H groups in total. The number of carbonyl (C=O) groups excluding carboxylic acids is 1. The number of carbonyl (C=O) groups is 1. The van der Waals surface area contributed by atoms with Crippen LogP contribution in [0.5, 0.6) is 0 Å². The Kier molecular flexibility index (Phi) is 5.00. The molecule has 88 valence electrons. The molecule has 0 fully saturated rings. The van der Waals surface area contributed by atoms with Crippen molar-refractivity contribution in [2.24, 2.45) is 0 Å². The van der Waals surface area contributed by atoms with Crippen molar-refractivity contribution in [3.05, 3.63) is 11.5 Å². The minimum Gasteiger partial charge on any atom is -0.460 e. The van der Waals surface area contributed by atoms with Gasteiger partial charge in [-0.3, -0.25) is 4.79 Å². The van der Waals surface area contributed by atoms with Crippen molar-refractivity contribution in [1.82, 2.24) is 0 Å². The van der Waals surface area contributed by atoms with Gasteiger partial charge in [-0.25, -0.2) is 8.42 Å². The molecule has 0 spiro atoms. The van der Waals surface area contributed by atoms with Crippen LogP contribution in [-0.4, -0.2) is 26.2 Å². The van der Waals surface area contributed by atoms with Gasteiger partial charge in [-0.05, 0) is 27.2 Å². The first-order chi connectivity index (χ1) is 6.60. The SMILES string of the molecule is CC(C)(C)OC(=O)CC/C=C/S(C)(=O)=O. The van der Waals surface area contributed by atoms with Gasteiger partial charge >= 0.3 is 5.97 Å². The average Bonchev–Trinajstić information content (AvgIpc) is 1.92. The maximum atomic E-state index is 11.2. The van der Waals surface area contributed by atoms with E-state index in [0.29, 0.717) is 6.42 Å². The zero-order chi connectivity index (χ0) is 12.1. The average molecular weight is 234 g/mol. The number of allylic oxidation sites excluding steroid dienone is 1. The molecule has 0 aliphatic carbocycles.